The molecule has 1 aromatic rings. The van der Waals surface area contributed by atoms with Crippen molar-refractivity contribution in [3.05, 3.63) is 23.2 Å². The summed E-state index contributed by atoms with van der Waals surface area (Å²) >= 11 is 5.93. The quantitative estimate of drug-likeness (QED) is 0.843. The summed E-state index contributed by atoms with van der Waals surface area (Å²) in [6, 6.07) is 4.91. The number of carbonyl (C=O) groups is 2. The van der Waals surface area contributed by atoms with Gasteiger partial charge in [-0.1, -0.05) is 18.5 Å². The number of rotatable bonds is 6. The number of benzene rings is 1. The summed E-state index contributed by atoms with van der Waals surface area (Å²) in [6.45, 7) is 1.72. The maximum absolute atomic E-state index is 11.7. The molecule has 0 spiro atoms. The topological polar surface area (TPSA) is 75.6 Å². The Kier molecular flexibility index (Phi) is 5.63. The Labute approximate surface area is 116 Å². The van der Waals surface area contributed by atoms with Crippen molar-refractivity contribution in [3.63, 3.8) is 0 Å². The molecule has 0 heterocycles. The number of anilines is 1. The second kappa shape index (κ2) is 6.99. The Bertz CT molecular complexity index is 476. The van der Waals surface area contributed by atoms with Gasteiger partial charge >= 0.3 is 5.97 Å². The van der Waals surface area contributed by atoms with Crippen LogP contribution < -0.4 is 10.1 Å². The lowest BCUT2D eigenvalue weighted by Crippen LogP contribution is -2.16. The molecule has 5 nitrogen and oxygen atoms in total. The first-order chi connectivity index (χ1) is 8.92. The van der Waals surface area contributed by atoms with Crippen LogP contribution in [-0.4, -0.2) is 24.1 Å². The molecule has 0 aromatic heterocycles. The van der Waals surface area contributed by atoms with Crippen LogP contribution in [0, 0.1) is 5.92 Å². The van der Waals surface area contributed by atoms with E-state index in [9.17, 15) is 9.59 Å². The van der Waals surface area contributed by atoms with Crippen LogP contribution in [-0.2, 0) is 9.59 Å². The van der Waals surface area contributed by atoms with E-state index in [4.69, 9.17) is 21.4 Å². The van der Waals surface area contributed by atoms with Crippen LogP contribution in [0.25, 0.3) is 0 Å². The van der Waals surface area contributed by atoms with Gasteiger partial charge in [-0.25, -0.2) is 0 Å². The van der Waals surface area contributed by atoms with E-state index < -0.39 is 5.97 Å². The average molecular weight is 286 g/mol. The van der Waals surface area contributed by atoms with Crippen molar-refractivity contribution in [3.8, 4) is 5.75 Å². The zero-order chi connectivity index (χ0) is 14.4. The molecule has 0 saturated carbocycles. The van der Waals surface area contributed by atoms with Gasteiger partial charge < -0.3 is 15.2 Å². The number of aliphatic carboxylic acids is 1. The van der Waals surface area contributed by atoms with Crippen molar-refractivity contribution < 1.29 is 19.4 Å². The van der Waals surface area contributed by atoms with E-state index in [0.717, 1.165) is 0 Å². The molecule has 0 saturated heterocycles. The van der Waals surface area contributed by atoms with Crippen LogP contribution >= 0.6 is 11.6 Å². The highest BCUT2D eigenvalue weighted by Crippen LogP contribution is 2.27. The smallest absolute Gasteiger partial charge is 0.303 e. The summed E-state index contributed by atoms with van der Waals surface area (Å²) in [5.74, 6) is -0.840. The van der Waals surface area contributed by atoms with E-state index in [1.165, 1.54) is 7.11 Å². The van der Waals surface area contributed by atoms with Gasteiger partial charge in [0.15, 0.2) is 0 Å². The van der Waals surface area contributed by atoms with E-state index >= 15 is 0 Å². The molecule has 0 radical (unpaired) electrons. The summed E-state index contributed by atoms with van der Waals surface area (Å²) in [5, 5.41) is 11.7. The third-order valence-electron chi connectivity index (χ3n) is 2.49. The minimum atomic E-state index is -0.909. The third kappa shape index (κ3) is 5.18. The Balaban J connectivity index is 2.57. The molecule has 0 aliphatic carbocycles. The molecular formula is C13H16ClNO4. The zero-order valence-electron chi connectivity index (χ0n) is 10.8. The highest BCUT2D eigenvalue weighted by atomic mass is 35.5. The van der Waals surface area contributed by atoms with Gasteiger partial charge in [0.05, 0.1) is 12.1 Å². The lowest BCUT2D eigenvalue weighted by Gasteiger charge is -2.10. The minimum Gasteiger partial charge on any atom is -0.495 e. The fourth-order valence-electron chi connectivity index (χ4n) is 1.64. The van der Waals surface area contributed by atoms with Gasteiger partial charge in [-0.15, -0.1) is 0 Å². The first kappa shape index (κ1) is 15.3. The van der Waals surface area contributed by atoms with Crippen LogP contribution in [0.3, 0.4) is 0 Å². The highest BCUT2D eigenvalue weighted by molar-refractivity contribution is 6.32. The first-order valence-corrected chi connectivity index (χ1v) is 6.15. The lowest BCUT2D eigenvalue weighted by atomic mass is 10.0. The van der Waals surface area contributed by atoms with Crippen molar-refractivity contribution in [2.75, 3.05) is 12.4 Å². The van der Waals surface area contributed by atoms with Gasteiger partial charge in [0.2, 0.25) is 5.91 Å². The fourth-order valence-corrected chi connectivity index (χ4v) is 1.90. The van der Waals surface area contributed by atoms with Crippen molar-refractivity contribution in [1.29, 1.82) is 0 Å². The molecule has 19 heavy (non-hydrogen) atoms. The first-order valence-electron chi connectivity index (χ1n) is 5.77. The Morgan fingerprint density at radius 1 is 1.42 bits per heavy atom. The maximum Gasteiger partial charge on any atom is 0.303 e. The predicted molar refractivity (Wildman–Crippen MR) is 72.7 cm³/mol. The number of carboxylic acid groups (broad SMARTS) is 1. The third-order valence-corrected chi connectivity index (χ3v) is 2.79. The summed E-state index contributed by atoms with van der Waals surface area (Å²) in [6.07, 6.45) is 0.118. The molecule has 1 unspecified atom stereocenters. The number of ether oxygens (including phenoxy) is 1. The molecule has 0 fully saturated rings. The normalized spacial score (nSPS) is 11.7. The lowest BCUT2D eigenvalue weighted by molar-refractivity contribution is -0.138. The second-order valence-corrected chi connectivity index (χ2v) is 4.71. The number of hydrogen-bond donors (Lipinski definition) is 2. The van der Waals surface area contributed by atoms with E-state index in [0.29, 0.717) is 16.5 Å². The van der Waals surface area contributed by atoms with E-state index in [2.05, 4.69) is 5.32 Å². The molecule has 1 atom stereocenters. The number of methoxy groups -OCH3 is 1. The van der Waals surface area contributed by atoms with Crippen LogP contribution in [0.1, 0.15) is 19.8 Å². The van der Waals surface area contributed by atoms with Crippen molar-refractivity contribution >= 4 is 29.2 Å². The summed E-state index contributed by atoms with van der Waals surface area (Å²) < 4.78 is 5.00. The number of carbonyl (C=O) groups excluding carboxylic acids is 1. The number of hydrogen-bond acceptors (Lipinski definition) is 3. The summed E-state index contributed by atoms with van der Waals surface area (Å²) in [7, 11) is 1.51. The highest BCUT2D eigenvalue weighted by Gasteiger charge is 2.13. The van der Waals surface area contributed by atoms with Gasteiger partial charge in [0, 0.05) is 18.5 Å². The fraction of sp³-hybridized carbons (Fsp3) is 0.385. The molecule has 1 aromatic carbocycles. The molecular weight excluding hydrogens is 270 g/mol. The Morgan fingerprint density at radius 2 is 2.11 bits per heavy atom. The number of carboxylic acids is 1. The number of nitrogens with one attached hydrogen (secondary N) is 1. The predicted octanol–water partition coefficient (Wildman–Crippen LogP) is 2.79. The minimum absolute atomic E-state index is 0.0310. The zero-order valence-corrected chi connectivity index (χ0v) is 11.5. The van der Waals surface area contributed by atoms with Crippen molar-refractivity contribution in [1.82, 2.24) is 0 Å². The SMILES string of the molecule is COc1ccc(NC(=O)CC(C)CC(=O)O)cc1Cl. The molecule has 0 aliphatic rings. The molecule has 1 rings (SSSR count). The van der Waals surface area contributed by atoms with Crippen LogP contribution in [0.15, 0.2) is 18.2 Å². The van der Waals surface area contributed by atoms with Crippen LogP contribution in [0.2, 0.25) is 5.02 Å². The van der Waals surface area contributed by atoms with E-state index in [1.807, 2.05) is 0 Å². The van der Waals surface area contributed by atoms with Crippen LogP contribution in [0.5, 0.6) is 5.75 Å². The molecule has 0 bridgehead atoms. The van der Waals surface area contributed by atoms with Crippen LogP contribution in [0.4, 0.5) is 5.69 Å². The molecule has 1 amide bonds. The largest absolute Gasteiger partial charge is 0.495 e. The van der Waals surface area contributed by atoms with Gasteiger partial charge in [0.25, 0.3) is 0 Å². The second-order valence-electron chi connectivity index (χ2n) is 4.30. The summed E-state index contributed by atoms with van der Waals surface area (Å²) in [5.41, 5.74) is 0.554. The van der Waals surface area contributed by atoms with Gasteiger partial charge in [-0.05, 0) is 24.1 Å². The standard InChI is InChI=1S/C13H16ClNO4/c1-8(6-13(17)18)5-12(16)15-9-3-4-11(19-2)10(14)7-9/h3-4,7-8H,5-6H2,1-2H3,(H,15,16)(H,17,18). The number of halogens is 1. The molecule has 2 N–H and O–H groups in total. The monoisotopic (exact) mass is 285 g/mol. The maximum atomic E-state index is 11.7. The van der Waals surface area contributed by atoms with Crippen molar-refractivity contribution in [2.45, 2.75) is 19.8 Å². The molecule has 104 valence electrons. The molecule has 0 aliphatic heterocycles. The van der Waals surface area contributed by atoms with Gasteiger partial charge in [-0.2, -0.15) is 0 Å². The Hall–Kier alpha value is -1.75. The van der Waals surface area contributed by atoms with E-state index in [-0.39, 0.29) is 24.7 Å². The van der Waals surface area contributed by atoms with Crippen molar-refractivity contribution in [2.24, 2.45) is 5.92 Å². The molecule has 6 heteroatoms. The van der Waals surface area contributed by atoms with Gasteiger partial charge in [0.1, 0.15) is 5.75 Å². The summed E-state index contributed by atoms with van der Waals surface area (Å²) in [4.78, 5) is 22.2. The Morgan fingerprint density at radius 3 is 2.63 bits per heavy atom. The van der Waals surface area contributed by atoms with E-state index in [1.54, 1.807) is 25.1 Å². The van der Waals surface area contributed by atoms with Gasteiger partial charge in [-0.3, -0.25) is 9.59 Å². The average Bonchev–Trinajstić information content (AvgIpc) is 2.27. The number of amides is 1.